The molecule has 0 radical (unpaired) electrons. The molecule has 1 aromatic carbocycles. The van der Waals surface area contributed by atoms with E-state index in [1.165, 1.54) is 0 Å². The average Bonchev–Trinajstić information content (AvgIpc) is 2.60. The molecule has 0 saturated heterocycles. The van der Waals surface area contributed by atoms with Gasteiger partial charge >= 0.3 is 0 Å². The van der Waals surface area contributed by atoms with Crippen molar-refractivity contribution in [3.8, 4) is 0 Å². The monoisotopic (exact) mass is 327 g/mol. The van der Waals surface area contributed by atoms with E-state index in [9.17, 15) is 9.59 Å². The lowest BCUT2D eigenvalue weighted by atomic mass is 10.2. The third kappa shape index (κ3) is 3.90. The molecular formula is C17H17N3O2S. The van der Waals surface area contributed by atoms with E-state index in [0.717, 1.165) is 16.3 Å². The predicted octanol–water partition coefficient (Wildman–Crippen LogP) is 2.94. The molecule has 0 spiro atoms. The molecule has 2 amide bonds. The number of hydrogen-bond acceptors (Lipinski definition) is 4. The smallest absolute Gasteiger partial charge is 0.227 e. The highest BCUT2D eigenvalue weighted by Crippen LogP contribution is 2.34. The van der Waals surface area contributed by atoms with Gasteiger partial charge in [-0.05, 0) is 24.3 Å². The summed E-state index contributed by atoms with van der Waals surface area (Å²) in [6, 6.07) is 11.3. The fraction of sp³-hybridized carbons (Fsp3) is 0.235. The number of carbonyl (C=O) groups is 2. The minimum atomic E-state index is -0.163. The topological polar surface area (TPSA) is 62.3 Å². The van der Waals surface area contributed by atoms with E-state index < -0.39 is 0 Å². The summed E-state index contributed by atoms with van der Waals surface area (Å²) >= 11 is 1.76. The first-order valence-corrected chi connectivity index (χ1v) is 8.44. The summed E-state index contributed by atoms with van der Waals surface area (Å²) in [5.41, 5.74) is 1.64. The van der Waals surface area contributed by atoms with Gasteiger partial charge in [0.2, 0.25) is 11.8 Å². The zero-order chi connectivity index (χ0) is 16.1. The normalized spacial score (nSPS) is 13.3. The summed E-state index contributed by atoms with van der Waals surface area (Å²) in [6.45, 7) is 0.687. The Morgan fingerprint density at radius 2 is 1.91 bits per heavy atom. The average molecular weight is 327 g/mol. The van der Waals surface area contributed by atoms with E-state index in [1.807, 2.05) is 24.3 Å². The van der Waals surface area contributed by atoms with E-state index in [4.69, 9.17) is 0 Å². The second-order valence-electron chi connectivity index (χ2n) is 5.15. The molecule has 1 N–H and O–H groups in total. The maximum atomic E-state index is 12.4. The van der Waals surface area contributed by atoms with Gasteiger partial charge < -0.3 is 10.2 Å². The van der Waals surface area contributed by atoms with Crippen LogP contribution in [0.4, 0.5) is 11.4 Å². The molecule has 0 fully saturated rings. The molecule has 6 heteroatoms. The number of amides is 2. The summed E-state index contributed by atoms with van der Waals surface area (Å²) in [4.78, 5) is 31.2. The number of pyridine rings is 1. The van der Waals surface area contributed by atoms with Gasteiger partial charge in [0.25, 0.3) is 0 Å². The van der Waals surface area contributed by atoms with Gasteiger partial charge in [-0.2, -0.15) is 0 Å². The van der Waals surface area contributed by atoms with Crippen LogP contribution in [0.3, 0.4) is 0 Å². The van der Waals surface area contributed by atoms with Gasteiger partial charge in [0, 0.05) is 48.1 Å². The lowest BCUT2D eigenvalue weighted by Gasteiger charge is -2.29. The number of fused-ring (bicyclic) bond motifs is 1. The molecule has 5 nitrogen and oxygen atoms in total. The standard InChI is InChI=1S/C17H17N3O2S/c21-16(19-13-7-9-18-10-8-13)5-6-17(22)20-11-12-23-15-4-2-1-3-14(15)20/h1-4,7-10H,5-6,11-12H2,(H,18,19,21). The fourth-order valence-corrected chi connectivity index (χ4v) is 3.44. The Morgan fingerprint density at radius 3 is 2.74 bits per heavy atom. The quantitative estimate of drug-likeness (QED) is 0.938. The Hall–Kier alpha value is -2.34. The number of para-hydroxylation sites is 1. The van der Waals surface area contributed by atoms with E-state index in [-0.39, 0.29) is 24.7 Å². The lowest BCUT2D eigenvalue weighted by Crippen LogP contribution is -2.35. The van der Waals surface area contributed by atoms with Crippen LogP contribution in [0.5, 0.6) is 0 Å². The Labute approximate surface area is 139 Å². The molecular weight excluding hydrogens is 310 g/mol. The van der Waals surface area contributed by atoms with Gasteiger partial charge in [0.15, 0.2) is 0 Å². The summed E-state index contributed by atoms with van der Waals surface area (Å²) < 4.78 is 0. The summed E-state index contributed by atoms with van der Waals surface area (Å²) in [7, 11) is 0. The molecule has 2 heterocycles. The maximum absolute atomic E-state index is 12.4. The van der Waals surface area contributed by atoms with E-state index in [0.29, 0.717) is 12.2 Å². The van der Waals surface area contributed by atoms with E-state index >= 15 is 0 Å². The van der Waals surface area contributed by atoms with Crippen molar-refractivity contribution in [2.75, 3.05) is 22.5 Å². The SMILES string of the molecule is O=C(CCC(=O)N1CCSc2ccccc21)Nc1ccncc1. The third-order valence-corrected chi connectivity index (χ3v) is 4.60. The van der Waals surface area contributed by atoms with Crippen LogP contribution in [-0.4, -0.2) is 29.1 Å². The second kappa shape index (κ2) is 7.28. The van der Waals surface area contributed by atoms with E-state index in [2.05, 4.69) is 10.3 Å². The third-order valence-electron chi connectivity index (χ3n) is 3.56. The highest BCUT2D eigenvalue weighted by Gasteiger charge is 2.22. The second-order valence-corrected chi connectivity index (χ2v) is 6.28. The molecule has 0 aliphatic carbocycles. The number of aromatic nitrogens is 1. The Kier molecular flexibility index (Phi) is 4.92. The van der Waals surface area contributed by atoms with Crippen LogP contribution in [0.15, 0.2) is 53.7 Å². The lowest BCUT2D eigenvalue weighted by molar-refractivity contribution is -0.122. The molecule has 1 aromatic heterocycles. The van der Waals surface area contributed by atoms with Crippen molar-refractivity contribution in [2.45, 2.75) is 17.7 Å². The van der Waals surface area contributed by atoms with Crippen LogP contribution in [0.2, 0.25) is 0 Å². The largest absolute Gasteiger partial charge is 0.326 e. The Morgan fingerprint density at radius 1 is 1.13 bits per heavy atom. The van der Waals surface area contributed by atoms with Gasteiger partial charge in [-0.25, -0.2) is 0 Å². The van der Waals surface area contributed by atoms with Gasteiger partial charge in [0.1, 0.15) is 0 Å². The molecule has 0 unspecified atom stereocenters. The van der Waals surface area contributed by atoms with Crippen LogP contribution in [-0.2, 0) is 9.59 Å². The van der Waals surface area contributed by atoms with Crippen LogP contribution < -0.4 is 10.2 Å². The first kappa shape index (κ1) is 15.6. The first-order valence-electron chi connectivity index (χ1n) is 7.46. The van der Waals surface area contributed by atoms with Crippen LogP contribution in [0.1, 0.15) is 12.8 Å². The number of hydrogen-bond donors (Lipinski definition) is 1. The number of rotatable bonds is 4. The summed E-state index contributed by atoms with van der Waals surface area (Å²) in [5.74, 6) is 0.707. The molecule has 0 bridgehead atoms. The van der Waals surface area contributed by atoms with Crippen LogP contribution in [0, 0.1) is 0 Å². The molecule has 1 aliphatic heterocycles. The number of carbonyl (C=O) groups excluding carboxylic acids is 2. The van der Waals surface area contributed by atoms with Crippen molar-refractivity contribution in [3.63, 3.8) is 0 Å². The van der Waals surface area contributed by atoms with Gasteiger partial charge in [-0.1, -0.05) is 12.1 Å². The molecule has 0 atom stereocenters. The van der Waals surface area contributed by atoms with Crippen molar-refractivity contribution in [1.82, 2.24) is 4.98 Å². The van der Waals surface area contributed by atoms with Crippen LogP contribution >= 0.6 is 11.8 Å². The molecule has 1 aliphatic rings. The molecule has 0 saturated carbocycles. The van der Waals surface area contributed by atoms with Gasteiger partial charge in [-0.15, -0.1) is 11.8 Å². The zero-order valence-corrected chi connectivity index (χ0v) is 13.4. The number of anilines is 2. The molecule has 118 valence electrons. The zero-order valence-electron chi connectivity index (χ0n) is 12.6. The number of nitrogens with zero attached hydrogens (tertiary/aromatic N) is 2. The fourth-order valence-electron chi connectivity index (χ4n) is 2.44. The van der Waals surface area contributed by atoms with Crippen LogP contribution in [0.25, 0.3) is 0 Å². The molecule has 3 rings (SSSR count). The Bertz CT molecular complexity index is 706. The minimum absolute atomic E-state index is 0.0115. The highest BCUT2D eigenvalue weighted by atomic mass is 32.2. The van der Waals surface area contributed by atoms with E-state index in [1.54, 1.807) is 41.2 Å². The maximum Gasteiger partial charge on any atom is 0.227 e. The predicted molar refractivity (Wildman–Crippen MR) is 91.6 cm³/mol. The molecule has 2 aromatic rings. The van der Waals surface area contributed by atoms with Crippen molar-refractivity contribution in [2.24, 2.45) is 0 Å². The minimum Gasteiger partial charge on any atom is -0.326 e. The first-order chi connectivity index (χ1) is 11.2. The number of nitrogens with one attached hydrogen (secondary N) is 1. The molecule has 23 heavy (non-hydrogen) atoms. The highest BCUT2D eigenvalue weighted by molar-refractivity contribution is 7.99. The van der Waals surface area contributed by atoms with Crippen molar-refractivity contribution in [1.29, 1.82) is 0 Å². The Balaban J connectivity index is 1.57. The van der Waals surface area contributed by atoms with Gasteiger partial charge in [0.05, 0.1) is 5.69 Å². The van der Waals surface area contributed by atoms with Crippen molar-refractivity contribution >= 4 is 35.0 Å². The number of thioether (sulfide) groups is 1. The summed E-state index contributed by atoms with van der Waals surface area (Å²) in [5, 5.41) is 2.77. The summed E-state index contributed by atoms with van der Waals surface area (Å²) in [6.07, 6.45) is 3.61. The van der Waals surface area contributed by atoms with Gasteiger partial charge in [-0.3, -0.25) is 14.6 Å². The van der Waals surface area contributed by atoms with Crippen molar-refractivity contribution < 1.29 is 9.59 Å². The number of benzene rings is 1. The van der Waals surface area contributed by atoms with Crippen molar-refractivity contribution in [3.05, 3.63) is 48.8 Å².